The van der Waals surface area contributed by atoms with Gasteiger partial charge in [-0.1, -0.05) is 12.1 Å². The zero-order chi connectivity index (χ0) is 22.6. The van der Waals surface area contributed by atoms with Crippen molar-refractivity contribution in [2.75, 3.05) is 32.6 Å². The van der Waals surface area contributed by atoms with Crippen LogP contribution in [0.3, 0.4) is 0 Å². The Hall–Kier alpha value is -3.00. The van der Waals surface area contributed by atoms with Crippen LogP contribution in [0, 0.1) is 0 Å². The summed E-state index contributed by atoms with van der Waals surface area (Å²) in [6, 6.07) is 15.0. The molecule has 0 atom stereocenters. The Morgan fingerprint density at radius 3 is 2.41 bits per heavy atom. The fourth-order valence-corrected chi connectivity index (χ4v) is 4.00. The number of thioether (sulfide) groups is 1. The minimum atomic E-state index is -0.157. The number of nitrogens with one attached hydrogen (secondary N) is 1. The average Bonchev–Trinajstić information content (AvgIpc) is 2.84. The first kappa shape index (κ1) is 23.7. The number of hydrogen-bond acceptors (Lipinski definition) is 6. The molecular formula is C24H29N3O4S. The number of nitrogens with zero attached hydrogens (tertiary/aromatic N) is 2. The van der Waals surface area contributed by atoms with Crippen LogP contribution in [0.15, 0.2) is 53.6 Å². The molecule has 1 aliphatic rings. The molecule has 1 N–H and O–H groups in total. The monoisotopic (exact) mass is 455 g/mol. The highest BCUT2D eigenvalue weighted by atomic mass is 32.2. The number of benzene rings is 2. The highest BCUT2D eigenvalue weighted by Crippen LogP contribution is 2.16. The number of carbonyl (C=O) groups is 2. The molecule has 0 saturated carbocycles. The van der Waals surface area contributed by atoms with Crippen LogP contribution in [-0.4, -0.2) is 55.5 Å². The van der Waals surface area contributed by atoms with Gasteiger partial charge in [-0.05, 0) is 66.8 Å². The van der Waals surface area contributed by atoms with Crippen molar-refractivity contribution in [3.05, 3.63) is 59.7 Å². The standard InChI is InChI=1S/C24H29N3O4S/c1-30-21-9-7-20(8-10-21)17-32-18-23(28)26-25-15-19-5-11-22(12-6-19)31-16-24(29)27-13-3-2-4-14-27/h5-12,15H,2-4,13-14,16-18H2,1H3,(H,26,28)/b25-15-. The van der Waals surface area contributed by atoms with E-state index in [1.807, 2.05) is 41.3 Å². The highest BCUT2D eigenvalue weighted by Gasteiger charge is 2.16. The Morgan fingerprint density at radius 2 is 1.72 bits per heavy atom. The molecule has 170 valence electrons. The van der Waals surface area contributed by atoms with Crippen LogP contribution in [0.4, 0.5) is 0 Å². The predicted octanol–water partition coefficient (Wildman–Crippen LogP) is 3.47. The van der Waals surface area contributed by atoms with Crippen LogP contribution in [-0.2, 0) is 15.3 Å². The first-order valence-corrected chi connectivity index (χ1v) is 11.8. The van der Waals surface area contributed by atoms with Crippen molar-refractivity contribution < 1.29 is 19.1 Å². The molecule has 32 heavy (non-hydrogen) atoms. The van der Waals surface area contributed by atoms with Crippen molar-refractivity contribution >= 4 is 29.8 Å². The summed E-state index contributed by atoms with van der Waals surface area (Å²) in [5, 5.41) is 4.00. The Balaban J connectivity index is 1.33. The molecule has 7 nitrogen and oxygen atoms in total. The SMILES string of the molecule is COc1ccc(CSCC(=O)N/N=C\c2ccc(OCC(=O)N3CCCCC3)cc2)cc1. The van der Waals surface area contributed by atoms with Gasteiger partial charge in [0.15, 0.2) is 6.61 Å². The molecule has 0 unspecified atom stereocenters. The second-order valence-electron chi connectivity index (χ2n) is 7.43. The third kappa shape index (κ3) is 7.92. The van der Waals surface area contributed by atoms with Crippen molar-refractivity contribution in [2.24, 2.45) is 5.10 Å². The molecule has 2 aromatic carbocycles. The largest absolute Gasteiger partial charge is 0.497 e. The minimum absolute atomic E-state index is 0.0305. The molecule has 0 radical (unpaired) electrons. The van der Waals surface area contributed by atoms with Gasteiger partial charge >= 0.3 is 0 Å². The number of piperidine rings is 1. The van der Waals surface area contributed by atoms with Gasteiger partial charge in [-0.3, -0.25) is 9.59 Å². The van der Waals surface area contributed by atoms with E-state index < -0.39 is 0 Å². The van der Waals surface area contributed by atoms with Crippen LogP contribution in [0.1, 0.15) is 30.4 Å². The van der Waals surface area contributed by atoms with E-state index in [1.54, 1.807) is 25.5 Å². The summed E-state index contributed by atoms with van der Waals surface area (Å²) >= 11 is 1.52. The summed E-state index contributed by atoms with van der Waals surface area (Å²) in [5.41, 5.74) is 4.49. The summed E-state index contributed by atoms with van der Waals surface area (Å²) in [6.07, 6.45) is 4.90. The molecule has 2 aromatic rings. The smallest absolute Gasteiger partial charge is 0.260 e. The second-order valence-corrected chi connectivity index (χ2v) is 8.42. The molecule has 1 aliphatic heterocycles. The van der Waals surface area contributed by atoms with Gasteiger partial charge in [-0.15, -0.1) is 11.8 Å². The fraction of sp³-hybridized carbons (Fsp3) is 0.375. The lowest BCUT2D eigenvalue weighted by Crippen LogP contribution is -2.38. The van der Waals surface area contributed by atoms with Gasteiger partial charge in [-0.25, -0.2) is 5.43 Å². The lowest BCUT2D eigenvalue weighted by molar-refractivity contribution is -0.134. The molecule has 0 aliphatic carbocycles. The van der Waals surface area contributed by atoms with Gasteiger partial charge in [0.1, 0.15) is 11.5 Å². The van der Waals surface area contributed by atoms with E-state index in [2.05, 4.69) is 10.5 Å². The second kappa shape index (κ2) is 12.8. The van der Waals surface area contributed by atoms with E-state index in [0.29, 0.717) is 11.5 Å². The zero-order valence-corrected chi connectivity index (χ0v) is 19.1. The maximum absolute atomic E-state index is 12.2. The first-order chi connectivity index (χ1) is 15.6. The fourth-order valence-electron chi connectivity index (χ4n) is 3.22. The van der Waals surface area contributed by atoms with E-state index in [4.69, 9.17) is 9.47 Å². The number of methoxy groups -OCH3 is 1. The third-order valence-corrected chi connectivity index (χ3v) is 6.02. The highest BCUT2D eigenvalue weighted by molar-refractivity contribution is 7.99. The summed E-state index contributed by atoms with van der Waals surface area (Å²) in [7, 11) is 1.64. The van der Waals surface area contributed by atoms with E-state index in [0.717, 1.165) is 48.6 Å². The zero-order valence-electron chi connectivity index (χ0n) is 18.3. The Morgan fingerprint density at radius 1 is 1.03 bits per heavy atom. The summed E-state index contributed by atoms with van der Waals surface area (Å²) in [4.78, 5) is 26.0. The van der Waals surface area contributed by atoms with E-state index >= 15 is 0 Å². The van der Waals surface area contributed by atoms with Gasteiger partial charge in [0.05, 0.1) is 19.1 Å². The molecule has 1 fully saturated rings. The average molecular weight is 456 g/mol. The van der Waals surface area contributed by atoms with Gasteiger partial charge in [-0.2, -0.15) is 5.10 Å². The number of hydrogen-bond donors (Lipinski definition) is 1. The molecular weight excluding hydrogens is 426 g/mol. The third-order valence-electron chi connectivity index (χ3n) is 5.01. The van der Waals surface area contributed by atoms with E-state index in [9.17, 15) is 9.59 Å². The van der Waals surface area contributed by atoms with Crippen molar-refractivity contribution in [2.45, 2.75) is 25.0 Å². The van der Waals surface area contributed by atoms with Gasteiger partial charge in [0, 0.05) is 18.8 Å². The van der Waals surface area contributed by atoms with Crippen molar-refractivity contribution in [1.29, 1.82) is 0 Å². The molecule has 0 spiro atoms. The molecule has 8 heteroatoms. The van der Waals surface area contributed by atoms with Crippen molar-refractivity contribution in [3.8, 4) is 11.5 Å². The molecule has 2 amide bonds. The number of ether oxygens (including phenoxy) is 2. The molecule has 1 saturated heterocycles. The Kier molecular flexibility index (Phi) is 9.43. The predicted molar refractivity (Wildman–Crippen MR) is 127 cm³/mol. The lowest BCUT2D eigenvalue weighted by Gasteiger charge is -2.26. The van der Waals surface area contributed by atoms with Gasteiger partial charge in [0.25, 0.3) is 5.91 Å². The van der Waals surface area contributed by atoms with Crippen LogP contribution in [0.5, 0.6) is 11.5 Å². The van der Waals surface area contributed by atoms with E-state index in [-0.39, 0.29) is 18.4 Å². The van der Waals surface area contributed by atoms with Crippen molar-refractivity contribution in [1.82, 2.24) is 10.3 Å². The minimum Gasteiger partial charge on any atom is -0.497 e. The number of amides is 2. The van der Waals surface area contributed by atoms with E-state index in [1.165, 1.54) is 18.2 Å². The number of hydrazone groups is 1. The summed E-state index contributed by atoms with van der Waals surface area (Å²) in [5.74, 6) is 2.38. The maximum atomic E-state index is 12.2. The molecule has 3 rings (SSSR count). The number of likely N-dealkylation sites (tertiary alicyclic amines) is 1. The first-order valence-electron chi connectivity index (χ1n) is 10.7. The molecule has 0 aromatic heterocycles. The Bertz CT molecular complexity index is 894. The molecule has 0 bridgehead atoms. The molecule has 1 heterocycles. The lowest BCUT2D eigenvalue weighted by atomic mass is 10.1. The van der Waals surface area contributed by atoms with Crippen LogP contribution in [0.2, 0.25) is 0 Å². The van der Waals surface area contributed by atoms with Crippen LogP contribution in [0.25, 0.3) is 0 Å². The van der Waals surface area contributed by atoms with Gasteiger partial charge in [0.2, 0.25) is 5.91 Å². The van der Waals surface area contributed by atoms with Crippen molar-refractivity contribution in [3.63, 3.8) is 0 Å². The van der Waals surface area contributed by atoms with Crippen LogP contribution >= 0.6 is 11.8 Å². The topological polar surface area (TPSA) is 80.2 Å². The summed E-state index contributed by atoms with van der Waals surface area (Å²) in [6.45, 7) is 1.70. The summed E-state index contributed by atoms with van der Waals surface area (Å²) < 4.78 is 10.7. The maximum Gasteiger partial charge on any atom is 0.260 e. The Labute approximate surface area is 193 Å². The van der Waals surface area contributed by atoms with Crippen LogP contribution < -0.4 is 14.9 Å². The number of rotatable bonds is 10. The quantitative estimate of drug-likeness (QED) is 0.438. The number of carbonyl (C=O) groups excluding carboxylic acids is 2. The van der Waals surface area contributed by atoms with Gasteiger partial charge < -0.3 is 14.4 Å². The normalized spacial score (nSPS) is 13.7.